The summed E-state index contributed by atoms with van der Waals surface area (Å²) in [6.07, 6.45) is 0.437. The zero-order valence-corrected chi connectivity index (χ0v) is 14.4. The van der Waals surface area contributed by atoms with E-state index >= 15 is 0 Å². The van der Waals surface area contributed by atoms with Crippen molar-refractivity contribution in [1.29, 1.82) is 0 Å². The van der Waals surface area contributed by atoms with Gasteiger partial charge in [-0.25, -0.2) is 0 Å². The third kappa shape index (κ3) is 4.25. The van der Waals surface area contributed by atoms with Crippen LogP contribution in [0.1, 0.15) is 22.7 Å². The summed E-state index contributed by atoms with van der Waals surface area (Å²) in [4.78, 5) is 27.6. The Hall–Kier alpha value is -3.19. The predicted molar refractivity (Wildman–Crippen MR) is 96.7 cm³/mol. The third-order valence-corrected chi connectivity index (χ3v) is 3.91. The Bertz CT molecular complexity index is 941. The molecule has 0 aliphatic rings. The van der Waals surface area contributed by atoms with E-state index in [1.165, 1.54) is 12.1 Å². The number of nitrogens with two attached hydrogens (primary N) is 1. The number of carbonyl (C=O) groups excluding carboxylic acids is 2. The minimum Gasteiger partial charge on any atom is -0.366 e. The molecule has 2 amide bonds. The van der Waals surface area contributed by atoms with E-state index in [0.29, 0.717) is 23.8 Å². The number of benzene rings is 2. The minimum absolute atomic E-state index is 0.144. The highest BCUT2D eigenvalue weighted by Crippen LogP contribution is 2.20. The maximum Gasteiger partial charge on any atom is 0.250 e. The summed E-state index contributed by atoms with van der Waals surface area (Å²) in [5, 5.41) is 6.81. The first-order valence-corrected chi connectivity index (χ1v) is 8.18. The minimum atomic E-state index is -0.662. The first kappa shape index (κ1) is 17.6. The van der Waals surface area contributed by atoms with Crippen molar-refractivity contribution < 1.29 is 14.1 Å². The Morgan fingerprint density at radius 1 is 1.15 bits per heavy atom. The van der Waals surface area contributed by atoms with Crippen LogP contribution in [0.2, 0.25) is 5.02 Å². The van der Waals surface area contributed by atoms with E-state index in [4.69, 9.17) is 21.9 Å². The van der Waals surface area contributed by atoms with E-state index < -0.39 is 5.91 Å². The number of hydrogen-bond donors (Lipinski definition) is 2. The van der Waals surface area contributed by atoms with Crippen LogP contribution < -0.4 is 11.1 Å². The van der Waals surface area contributed by atoms with Crippen LogP contribution in [0.3, 0.4) is 0 Å². The van der Waals surface area contributed by atoms with Gasteiger partial charge in [0.1, 0.15) is 0 Å². The summed E-state index contributed by atoms with van der Waals surface area (Å²) in [5.74, 6) is -0.0784. The molecular weight excluding hydrogens is 356 g/mol. The standard InChI is InChI=1S/C18H15ClN4O3/c19-14-7-6-12(10-13(14)17(20)25)21-15(24)8-9-16-22-18(23-26-16)11-4-2-1-3-5-11/h1-7,10H,8-9H2,(H2,20,25)(H,21,24). The van der Waals surface area contributed by atoms with Crippen LogP contribution in [0.25, 0.3) is 11.4 Å². The molecular formula is C18H15ClN4O3. The average molecular weight is 371 g/mol. The molecule has 0 unspecified atom stereocenters. The largest absolute Gasteiger partial charge is 0.366 e. The predicted octanol–water partition coefficient (Wildman–Crippen LogP) is 3.06. The fourth-order valence-corrected chi connectivity index (χ4v) is 2.51. The van der Waals surface area contributed by atoms with Crippen molar-refractivity contribution >= 4 is 29.1 Å². The summed E-state index contributed by atoms with van der Waals surface area (Å²) in [5.41, 5.74) is 6.66. The molecule has 8 heteroatoms. The van der Waals surface area contributed by atoms with Crippen LogP contribution in [0, 0.1) is 0 Å². The van der Waals surface area contributed by atoms with Crippen LogP contribution in [0.4, 0.5) is 5.69 Å². The lowest BCUT2D eigenvalue weighted by Gasteiger charge is -2.06. The average Bonchev–Trinajstić information content (AvgIpc) is 3.11. The SMILES string of the molecule is NC(=O)c1cc(NC(=O)CCc2nc(-c3ccccc3)no2)ccc1Cl. The maximum atomic E-state index is 12.1. The van der Waals surface area contributed by atoms with Crippen LogP contribution in [-0.4, -0.2) is 22.0 Å². The molecule has 0 bridgehead atoms. The summed E-state index contributed by atoms with van der Waals surface area (Å²) >= 11 is 5.88. The van der Waals surface area contributed by atoms with Gasteiger partial charge in [-0.3, -0.25) is 9.59 Å². The van der Waals surface area contributed by atoms with Crippen LogP contribution in [0.5, 0.6) is 0 Å². The maximum absolute atomic E-state index is 12.1. The number of rotatable bonds is 6. The first-order chi connectivity index (χ1) is 12.5. The van der Waals surface area contributed by atoms with E-state index in [-0.39, 0.29) is 22.9 Å². The number of anilines is 1. The Morgan fingerprint density at radius 2 is 1.92 bits per heavy atom. The molecule has 1 heterocycles. The molecule has 3 aromatic rings. The molecule has 0 spiro atoms. The normalized spacial score (nSPS) is 10.5. The van der Waals surface area contributed by atoms with Crippen molar-refractivity contribution in [2.24, 2.45) is 5.73 Å². The van der Waals surface area contributed by atoms with Crippen molar-refractivity contribution in [3.05, 3.63) is 65.0 Å². The van der Waals surface area contributed by atoms with Gasteiger partial charge in [0.15, 0.2) is 0 Å². The fraction of sp³-hybridized carbons (Fsp3) is 0.111. The second-order valence-corrected chi connectivity index (χ2v) is 5.89. The molecule has 0 aliphatic heterocycles. The second-order valence-electron chi connectivity index (χ2n) is 5.48. The second kappa shape index (κ2) is 7.79. The molecule has 2 aromatic carbocycles. The number of nitrogens with zero attached hydrogens (tertiary/aromatic N) is 2. The molecule has 1 aromatic heterocycles. The van der Waals surface area contributed by atoms with Gasteiger partial charge in [0.05, 0.1) is 10.6 Å². The molecule has 26 heavy (non-hydrogen) atoms. The molecule has 132 valence electrons. The van der Waals surface area contributed by atoms with Crippen LogP contribution >= 0.6 is 11.6 Å². The first-order valence-electron chi connectivity index (χ1n) is 7.80. The number of carbonyl (C=O) groups is 2. The van der Waals surface area contributed by atoms with Crippen LogP contribution in [-0.2, 0) is 11.2 Å². The van der Waals surface area contributed by atoms with Gasteiger partial charge in [-0.2, -0.15) is 4.98 Å². The topological polar surface area (TPSA) is 111 Å². The van der Waals surface area contributed by atoms with E-state index in [0.717, 1.165) is 5.56 Å². The Labute approximate surface area is 154 Å². The van der Waals surface area contributed by atoms with Gasteiger partial charge in [0, 0.05) is 24.1 Å². The van der Waals surface area contributed by atoms with Gasteiger partial charge in [0.2, 0.25) is 23.5 Å². The molecule has 0 atom stereocenters. The van der Waals surface area contributed by atoms with Crippen molar-refractivity contribution in [2.75, 3.05) is 5.32 Å². The molecule has 0 saturated heterocycles. The van der Waals surface area contributed by atoms with E-state index in [1.807, 2.05) is 30.3 Å². The number of aromatic nitrogens is 2. The lowest BCUT2D eigenvalue weighted by atomic mass is 10.2. The summed E-state index contributed by atoms with van der Waals surface area (Å²) in [7, 11) is 0. The number of halogens is 1. The molecule has 3 N–H and O–H groups in total. The number of aryl methyl sites for hydroxylation is 1. The van der Waals surface area contributed by atoms with Crippen molar-refractivity contribution in [1.82, 2.24) is 10.1 Å². The fourth-order valence-electron chi connectivity index (χ4n) is 2.30. The van der Waals surface area contributed by atoms with Gasteiger partial charge < -0.3 is 15.6 Å². The van der Waals surface area contributed by atoms with Gasteiger partial charge in [-0.15, -0.1) is 0 Å². The van der Waals surface area contributed by atoms with E-state index in [9.17, 15) is 9.59 Å². The molecule has 0 fully saturated rings. The quantitative estimate of drug-likeness (QED) is 0.692. The van der Waals surface area contributed by atoms with Crippen LogP contribution in [0.15, 0.2) is 53.1 Å². The third-order valence-electron chi connectivity index (χ3n) is 3.58. The highest BCUT2D eigenvalue weighted by Gasteiger charge is 2.12. The summed E-state index contributed by atoms with van der Waals surface area (Å²) in [6.45, 7) is 0. The zero-order chi connectivity index (χ0) is 18.5. The molecule has 0 aliphatic carbocycles. The smallest absolute Gasteiger partial charge is 0.250 e. The van der Waals surface area contributed by atoms with Crippen molar-refractivity contribution in [3.8, 4) is 11.4 Å². The Kier molecular flexibility index (Phi) is 5.28. The highest BCUT2D eigenvalue weighted by molar-refractivity contribution is 6.34. The van der Waals surface area contributed by atoms with Gasteiger partial charge in [-0.05, 0) is 18.2 Å². The van der Waals surface area contributed by atoms with Crippen molar-refractivity contribution in [2.45, 2.75) is 12.8 Å². The number of amides is 2. The number of primary amides is 1. The highest BCUT2D eigenvalue weighted by atomic mass is 35.5. The summed E-state index contributed by atoms with van der Waals surface area (Å²) < 4.78 is 5.17. The lowest BCUT2D eigenvalue weighted by Crippen LogP contribution is -2.15. The Balaban J connectivity index is 1.59. The van der Waals surface area contributed by atoms with E-state index in [1.54, 1.807) is 6.07 Å². The molecule has 7 nitrogen and oxygen atoms in total. The molecule has 0 radical (unpaired) electrons. The summed E-state index contributed by atoms with van der Waals surface area (Å²) in [6, 6.07) is 13.9. The molecule has 0 saturated carbocycles. The van der Waals surface area contributed by atoms with Crippen molar-refractivity contribution in [3.63, 3.8) is 0 Å². The lowest BCUT2D eigenvalue weighted by molar-refractivity contribution is -0.116. The number of nitrogens with one attached hydrogen (secondary N) is 1. The Morgan fingerprint density at radius 3 is 2.65 bits per heavy atom. The van der Waals surface area contributed by atoms with Gasteiger partial charge >= 0.3 is 0 Å². The van der Waals surface area contributed by atoms with Gasteiger partial charge in [-0.1, -0.05) is 47.1 Å². The molecule has 3 rings (SSSR count). The van der Waals surface area contributed by atoms with Gasteiger partial charge in [0.25, 0.3) is 0 Å². The van der Waals surface area contributed by atoms with E-state index in [2.05, 4.69) is 15.5 Å². The monoisotopic (exact) mass is 370 g/mol. The zero-order valence-electron chi connectivity index (χ0n) is 13.6. The number of hydrogen-bond acceptors (Lipinski definition) is 5.